The maximum absolute atomic E-state index is 12.1. The Labute approximate surface area is 118 Å². The van der Waals surface area contributed by atoms with Crippen molar-refractivity contribution in [1.82, 2.24) is 5.32 Å². The van der Waals surface area contributed by atoms with Crippen molar-refractivity contribution in [3.63, 3.8) is 0 Å². The molecule has 1 amide bonds. The number of halogens is 1. The Balaban J connectivity index is 3.03. The monoisotopic (exact) mass is 304 g/mol. The minimum Gasteiger partial charge on any atom is -0.398 e. The predicted octanol–water partition coefficient (Wildman–Crippen LogP) is 1.61. The number of benzene rings is 1. The normalized spacial score (nSPS) is 12.2. The fraction of sp³-hybridized carbons (Fsp3) is 0.417. The van der Waals surface area contributed by atoms with E-state index in [1.165, 1.54) is 12.1 Å². The van der Waals surface area contributed by atoms with Crippen molar-refractivity contribution in [2.24, 2.45) is 0 Å². The molecule has 0 aliphatic heterocycles. The third kappa shape index (κ3) is 4.40. The van der Waals surface area contributed by atoms with Gasteiger partial charge in [-0.2, -0.15) is 0 Å². The van der Waals surface area contributed by atoms with E-state index >= 15 is 0 Å². The highest BCUT2D eigenvalue weighted by Gasteiger charge is 2.26. The number of nitrogens with one attached hydrogen (secondary N) is 1. The van der Waals surface area contributed by atoms with Crippen molar-refractivity contribution < 1.29 is 13.2 Å². The van der Waals surface area contributed by atoms with Gasteiger partial charge in [0.15, 0.2) is 9.84 Å². The van der Waals surface area contributed by atoms with Crippen LogP contribution in [0, 0.1) is 0 Å². The first kappa shape index (κ1) is 15.8. The Morgan fingerprint density at radius 2 is 1.95 bits per heavy atom. The number of carbonyl (C=O) groups excluding carboxylic acids is 1. The zero-order valence-electron chi connectivity index (χ0n) is 11.0. The minimum absolute atomic E-state index is 0.0172. The molecule has 0 aliphatic rings. The highest BCUT2D eigenvalue weighted by Crippen LogP contribution is 2.28. The Bertz CT molecular complexity index is 571. The fourth-order valence-electron chi connectivity index (χ4n) is 1.55. The average molecular weight is 305 g/mol. The lowest BCUT2D eigenvalue weighted by atomic mass is 10.1. The van der Waals surface area contributed by atoms with Gasteiger partial charge in [-0.1, -0.05) is 17.7 Å². The van der Waals surface area contributed by atoms with E-state index in [0.717, 1.165) is 0 Å². The second kappa shape index (κ2) is 5.38. The molecule has 0 heterocycles. The molecule has 0 aromatic heterocycles. The zero-order valence-corrected chi connectivity index (χ0v) is 12.6. The van der Waals surface area contributed by atoms with E-state index in [1.807, 2.05) is 0 Å². The van der Waals surface area contributed by atoms with Gasteiger partial charge < -0.3 is 11.1 Å². The summed E-state index contributed by atoms with van der Waals surface area (Å²) in [5, 5.41) is 2.60. The fourth-order valence-corrected chi connectivity index (χ4v) is 3.44. The smallest absolute Gasteiger partial charge is 0.235 e. The topological polar surface area (TPSA) is 89.3 Å². The molecule has 0 unspecified atom stereocenters. The lowest BCUT2D eigenvalue weighted by Crippen LogP contribution is -2.43. The molecule has 0 atom stereocenters. The SMILES string of the molecule is CC(C)(C)NC(=O)CS(=O)(=O)c1c(N)cccc1Cl. The molecule has 0 saturated heterocycles. The molecule has 5 nitrogen and oxygen atoms in total. The number of amides is 1. The van der Waals surface area contributed by atoms with Crippen molar-refractivity contribution in [3.8, 4) is 0 Å². The number of sulfone groups is 1. The van der Waals surface area contributed by atoms with Crippen molar-refractivity contribution in [2.45, 2.75) is 31.2 Å². The third-order valence-electron chi connectivity index (χ3n) is 2.14. The summed E-state index contributed by atoms with van der Waals surface area (Å²) < 4.78 is 24.3. The van der Waals surface area contributed by atoms with Gasteiger partial charge in [-0.15, -0.1) is 0 Å². The first-order valence-electron chi connectivity index (χ1n) is 5.61. The summed E-state index contributed by atoms with van der Waals surface area (Å²) in [5.74, 6) is -1.27. The molecular formula is C12H17ClN2O3S. The zero-order chi connectivity index (χ0) is 14.8. The quantitative estimate of drug-likeness (QED) is 0.830. The van der Waals surface area contributed by atoms with Gasteiger partial charge in [0.1, 0.15) is 10.6 Å². The molecule has 106 valence electrons. The number of carbonyl (C=O) groups is 1. The van der Waals surface area contributed by atoms with Crippen molar-refractivity contribution in [3.05, 3.63) is 23.2 Å². The van der Waals surface area contributed by atoms with Crippen LogP contribution in [0.4, 0.5) is 5.69 Å². The van der Waals surface area contributed by atoms with Crippen LogP contribution in [0.1, 0.15) is 20.8 Å². The standard InChI is InChI=1S/C12H17ClN2O3S/c1-12(2,3)15-10(16)7-19(17,18)11-8(13)5-4-6-9(11)14/h4-6H,7,14H2,1-3H3,(H,15,16). The molecule has 1 aromatic rings. The predicted molar refractivity (Wildman–Crippen MR) is 75.8 cm³/mol. The molecule has 0 fully saturated rings. The average Bonchev–Trinajstić information content (AvgIpc) is 2.11. The van der Waals surface area contributed by atoms with Crippen LogP contribution < -0.4 is 11.1 Å². The summed E-state index contributed by atoms with van der Waals surface area (Å²) in [7, 11) is -3.86. The number of nitrogens with two attached hydrogens (primary N) is 1. The van der Waals surface area contributed by atoms with Crippen molar-refractivity contribution in [1.29, 1.82) is 0 Å². The highest BCUT2D eigenvalue weighted by molar-refractivity contribution is 7.92. The van der Waals surface area contributed by atoms with E-state index in [9.17, 15) is 13.2 Å². The molecule has 0 saturated carbocycles. The summed E-state index contributed by atoms with van der Waals surface area (Å²) in [6.07, 6.45) is 0. The summed E-state index contributed by atoms with van der Waals surface area (Å²) in [6, 6.07) is 4.40. The minimum atomic E-state index is -3.86. The van der Waals surface area contributed by atoms with E-state index in [0.29, 0.717) is 0 Å². The van der Waals surface area contributed by atoms with E-state index in [-0.39, 0.29) is 15.6 Å². The van der Waals surface area contributed by atoms with Crippen LogP contribution in [0.25, 0.3) is 0 Å². The largest absolute Gasteiger partial charge is 0.398 e. The van der Waals surface area contributed by atoms with Gasteiger partial charge in [0, 0.05) is 5.54 Å². The molecule has 1 aromatic carbocycles. The van der Waals surface area contributed by atoms with Gasteiger partial charge >= 0.3 is 0 Å². The Kier molecular flexibility index (Phi) is 4.47. The first-order valence-corrected chi connectivity index (χ1v) is 7.64. The highest BCUT2D eigenvalue weighted by atomic mass is 35.5. The van der Waals surface area contributed by atoms with E-state index in [4.69, 9.17) is 17.3 Å². The molecule has 0 spiro atoms. The van der Waals surface area contributed by atoms with Crippen LogP contribution in [-0.4, -0.2) is 25.6 Å². The third-order valence-corrected chi connectivity index (χ3v) is 4.29. The van der Waals surface area contributed by atoms with Crippen molar-refractivity contribution >= 4 is 33.0 Å². The van der Waals surface area contributed by atoms with E-state index in [2.05, 4.69) is 5.32 Å². The van der Waals surface area contributed by atoms with E-state index in [1.54, 1.807) is 26.8 Å². The lowest BCUT2D eigenvalue weighted by molar-refractivity contribution is -0.120. The summed E-state index contributed by atoms with van der Waals surface area (Å²) in [6.45, 7) is 5.30. The first-order chi connectivity index (χ1) is 8.53. The second-order valence-electron chi connectivity index (χ2n) is 5.22. The summed E-state index contributed by atoms with van der Waals surface area (Å²) >= 11 is 5.84. The molecule has 7 heteroatoms. The van der Waals surface area contributed by atoms with Crippen LogP contribution in [0.3, 0.4) is 0 Å². The summed E-state index contributed by atoms with van der Waals surface area (Å²) in [4.78, 5) is 11.5. The van der Waals surface area contributed by atoms with Crippen molar-refractivity contribution in [2.75, 3.05) is 11.5 Å². The van der Waals surface area contributed by atoms with E-state index < -0.39 is 27.0 Å². The number of nitrogen functional groups attached to an aromatic ring is 1. The van der Waals surface area contributed by atoms with Crippen LogP contribution in [0.5, 0.6) is 0 Å². The van der Waals surface area contributed by atoms with Crippen LogP contribution in [-0.2, 0) is 14.6 Å². The molecule has 0 aliphatic carbocycles. The molecule has 19 heavy (non-hydrogen) atoms. The number of hydrogen-bond acceptors (Lipinski definition) is 4. The Morgan fingerprint density at radius 1 is 1.37 bits per heavy atom. The molecule has 0 radical (unpaired) electrons. The van der Waals surface area contributed by atoms with Gasteiger partial charge in [0.25, 0.3) is 0 Å². The van der Waals surface area contributed by atoms with Gasteiger partial charge in [-0.25, -0.2) is 8.42 Å². The van der Waals surface area contributed by atoms with Crippen LogP contribution in [0.2, 0.25) is 5.02 Å². The molecular weight excluding hydrogens is 288 g/mol. The van der Waals surface area contributed by atoms with Gasteiger partial charge in [-0.3, -0.25) is 4.79 Å². The number of rotatable bonds is 3. The van der Waals surface area contributed by atoms with Gasteiger partial charge in [-0.05, 0) is 32.9 Å². The van der Waals surface area contributed by atoms with Gasteiger partial charge in [0.05, 0.1) is 10.7 Å². The maximum atomic E-state index is 12.1. The Hall–Kier alpha value is -1.27. The molecule has 1 rings (SSSR count). The lowest BCUT2D eigenvalue weighted by Gasteiger charge is -2.20. The summed E-state index contributed by atoms with van der Waals surface area (Å²) in [5.41, 5.74) is 5.15. The molecule has 3 N–H and O–H groups in total. The number of anilines is 1. The van der Waals surface area contributed by atoms with Crippen LogP contribution >= 0.6 is 11.6 Å². The Morgan fingerprint density at radius 3 is 2.42 bits per heavy atom. The molecule has 0 bridgehead atoms. The number of hydrogen-bond donors (Lipinski definition) is 2. The van der Waals surface area contributed by atoms with Crippen LogP contribution in [0.15, 0.2) is 23.1 Å². The van der Waals surface area contributed by atoms with Gasteiger partial charge in [0.2, 0.25) is 5.91 Å². The maximum Gasteiger partial charge on any atom is 0.235 e. The second-order valence-corrected chi connectivity index (χ2v) is 7.55.